The van der Waals surface area contributed by atoms with Crippen LogP contribution in [-0.4, -0.2) is 45.3 Å². The van der Waals surface area contributed by atoms with E-state index in [0.717, 1.165) is 15.9 Å². The summed E-state index contributed by atoms with van der Waals surface area (Å²) >= 11 is 9.29. The highest BCUT2D eigenvalue weighted by molar-refractivity contribution is 9.10. The van der Waals surface area contributed by atoms with E-state index in [0.29, 0.717) is 10.2 Å². The minimum atomic E-state index is -3.83. The number of nitrogens with one attached hydrogen (secondary N) is 1. The normalized spacial score (nSPS) is 11.4. The summed E-state index contributed by atoms with van der Waals surface area (Å²) in [4.78, 5) is 24.0. The van der Waals surface area contributed by atoms with Crippen LogP contribution in [0.2, 0.25) is 5.02 Å². The first-order valence-electron chi connectivity index (χ1n) is 7.97. The average molecular weight is 490 g/mol. The highest BCUT2D eigenvalue weighted by Crippen LogP contribution is 2.25. The summed E-state index contributed by atoms with van der Waals surface area (Å²) < 4.78 is 31.2. The largest absolute Gasteiger partial charge is 0.452 e. The number of hydrogen-bond acceptors (Lipinski definition) is 5. The molecule has 2 aromatic carbocycles. The smallest absolute Gasteiger partial charge is 0.338 e. The zero-order valence-corrected chi connectivity index (χ0v) is 18.5. The van der Waals surface area contributed by atoms with Crippen molar-refractivity contribution in [2.75, 3.05) is 26.0 Å². The molecule has 0 bridgehead atoms. The fraction of sp³-hybridized carbons (Fsp3) is 0.222. The number of aryl methyl sites for hydroxylation is 1. The fourth-order valence-corrected chi connectivity index (χ4v) is 4.13. The lowest BCUT2D eigenvalue weighted by Crippen LogP contribution is -2.23. The number of sulfonamides is 1. The van der Waals surface area contributed by atoms with Crippen molar-refractivity contribution in [3.8, 4) is 0 Å². The monoisotopic (exact) mass is 488 g/mol. The van der Waals surface area contributed by atoms with Gasteiger partial charge in [-0.2, -0.15) is 0 Å². The number of ether oxygens (including phenoxy) is 1. The highest BCUT2D eigenvalue weighted by Gasteiger charge is 2.23. The molecule has 0 aliphatic carbocycles. The van der Waals surface area contributed by atoms with Gasteiger partial charge in [0.25, 0.3) is 5.91 Å². The van der Waals surface area contributed by atoms with Crippen LogP contribution < -0.4 is 5.32 Å². The Kier molecular flexibility index (Phi) is 7.22. The van der Waals surface area contributed by atoms with E-state index in [1.54, 1.807) is 6.07 Å². The second-order valence-electron chi connectivity index (χ2n) is 6.04. The third-order valence-corrected chi connectivity index (χ3v) is 6.61. The number of hydrogen-bond donors (Lipinski definition) is 1. The lowest BCUT2D eigenvalue weighted by atomic mass is 10.2. The van der Waals surface area contributed by atoms with Gasteiger partial charge in [-0.1, -0.05) is 17.7 Å². The van der Waals surface area contributed by atoms with E-state index in [2.05, 4.69) is 21.2 Å². The molecule has 0 fully saturated rings. The number of benzene rings is 2. The lowest BCUT2D eigenvalue weighted by molar-refractivity contribution is -0.119. The molecule has 2 rings (SSSR count). The Bertz CT molecular complexity index is 1020. The summed E-state index contributed by atoms with van der Waals surface area (Å²) in [6.07, 6.45) is 0. The Morgan fingerprint density at radius 3 is 2.46 bits per heavy atom. The summed E-state index contributed by atoms with van der Waals surface area (Å²) in [5, 5.41) is 2.60. The number of rotatable bonds is 6. The number of carbonyl (C=O) groups excluding carboxylic acids is 2. The minimum Gasteiger partial charge on any atom is -0.452 e. The molecular formula is C18H18BrClN2O5S. The number of nitrogens with zero attached hydrogens (tertiary/aromatic N) is 1. The summed E-state index contributed by atoms with van der Waals surface area (Å²) in [5.74, 6) is -1.38. The molecule has 0 unspecified atom stereocenters. The zero-order valence-electron chi connectivity index (χ0n) is 15.3. The van der Waals surface area contributed by atoms with E-state index < -0.39 is 28.5 Å². The van der Waals surface area contributed by atoms with Crippen LogP contribution in [0.1, 0.15) is 15.9 Å². The maximum absolute atomic E-state index is 12.3. The highest BCUT2D eigenvalue weighted by atomic mass is 79.9. The first-order valence-corrected chi connectivity index (χ1v) is 10.6. The molecule has 28 heavy (non-hydrogen) atoms. The third kappa shape index (κ3) is 5.32. The van der Waals surface area contributed by atoms with Crippen molar-refractivity contribution in [3.63, 3.8) is 0 Å². The van der Waals surface area contributed by atoms with Crippen molar-refractivity contribution < 1.29 is 22.7 Å². The fourth-order valence-electron chi connectivity index (χ4n) is 2.15. The van der Waals surface area contributed by atoms with Gasteiger partial charge in [0.1, 0.15) is 4.90 Å². The van der Waals surface area contributed by atoms with Gasteiger partial charge in [0.05, 0.1) is 16.3 Å². The molecule has 0 atom stereocenters. The molecule has 0 heterocycles. The second kappa shape index (κ2) is 9.04. The quantitative estimate of drug-likeness (QED) is 0.627. The van der Waals surface area contributed by atoms with Gasteiger partial charge in [0.15, 0.2) is 6.61 Å². The predicted molar refractivity (Wildman–Crippen MR) is 110 cm³/mol. The van der Waals surface area contributed by atoms with Crippen LogP contribution in [0.5, 0.6) is 0 Å². The summed E-state index contributed by atoms with van der Waals surface area (Å²) in [5.41, 5.74) is 1.52. The molecule has 0 radical (unpaired) electrons. The molecule has 0 saturated carbocycles. The standard InChI is InChI=1S/C18H18BrClN2O5S/c1-11-4-7-15(13(19)8-11)21-17(23)10-27-18(24)12-5-6-14(20)16(9-12)28(25,26)22(2)3/h4-9H,10H2,1-3H3,(H,21,23). The number of esters is 1. The van der Waals surface area contributed by atoms with Crippen LogP contribution >= 0.6 is 27.5 Å². The maximum atomic E-state index is 12.3. The van der Waals surface area contributed by atoms with E-state index in [9.17, 15) is 18.0 Å². The number of anilines is 1. The van der Waals surface area contributed by atoms with Gasteiger partial charge in [-0.3, -0.25) is 4.79 Å². The molecular weight excluding hydrogens is 472 g/mol. The van der Waals surface area contributed by atoms with Crippen LogP contribution in [0.25, 0.3) is 0 Å². The van der Waals surface area contributed by atoms with Crippen molar-refractivity contribution in [3.05, 3.63) is 57.0 Å². The third-order valence-electron chi connectivity index (χ3n) is 3.66. The molecule has 1 amide bonds. The molecule has 10 heteroatoms. The lowest BCUT2D eigenvalue weighted by Gasteiger charge is -2.13. The Labute approximate surface area is 176 Å². The molecule has 150 valence electrons. The maximum Gasteiger partial charge on any atom is 0.338 e. The molecule has 2 aromatic rings. The van der Waals surface area contributed by atoms with Crippen LogP contribution in [0.3, 0.4) is 0 Å². The molecule has 7 nitrogen and oxygen atoms in total. The first-order chi connectivity index (χ1) is 13.0. The van der Waals surface area contributed by atoms with Crippen LogP contribution in [0, 0.1) is 6.92 Å². The zero-order chi connectivity index (χ0) is 21.1. The molecule has 0 aliphatic rings. The van der Waals surface area contributed by atoms with Gasteiger partial charge in [-0.05, 0) is 58.7 Å². The molecule has 0 saturated heterocycles. The van der Waals surface area contributed by atoms with Gasteiger partial charge in [-0.25, -0.2) is 17.5 Å². The van der Waals surface area contributed by atoms with E-state index in [4.69, 9.17) is 16.3 Å². The van der Waals surface area contributed by atoms with Gasteiger partial charge >= 0.3 is 5.97 Å². The van der Waals surface area contributed by atoms with Crippen molar-refractivity contribution >= 4 is 55.1 Å². The van der Waals surface area contributed by atoms with Crippen LogP contribution in [-0.2, 0) is 19.6 Å². The molecule has 0 aromatic heterocycles. The summed E-state index contributed by atoms with van der Waals surface area (Å²) in [7, 11) is -1.13. The SMILES string of the molecule is Cc1ccc(NC(=O)COC(=O)c2ccc(Cl)c(S(=O)(=O)N(C)C)c2)c(Br)c1. The minimum absolute atomic E-state index is 0.0211. The van der Waals surface area contributed by atoms with Gasteiger partial charge < -0.3 is 10.1 Å². The Morgan fingerprint density at radius 2 is 1.86 bits per heavy atom. The molecule has 0 spiro atoms. The first kappa shape index (κ1) is 22.4. The van der Waals surface area contributed by atoms with Crippen LogP contribution in [0.15, 0.2) is 45.8 Å². The summed E-state index contributed by atoms with van der Waals surface area (Å²) in [6.45, 7) is 1.38. The van der Waals surface area contributed by atoms with E-state index in [1.165, 1.54) is 26.2 Å². The Balaban J connectivity index is 2.08. The Hall–Kier alpha value is -1.94. The second-order valence-corrected chi connectivity index (χ2v) is 9.42. The molecule has 1 N–H and O–H groups in total. The van der Waals surface area contributed by atoms with Crippen molar-refractivity contribution in [1.82, 2.24) is 4.31 Å². The van der Waals surface area contributed by atoms with Gasteiger partial charge in [-0.15, -0.1) is 0 Å². The predicted octanol–water partition coefficient (Wildman–Crippen LogP) is 3.46. The van der Waals surface area contributed by atoms with Crippen molar-refractivity contribution in [2.45, 2.75) is 11.8 Å². The van der Waals surface area contributed by atoms with Crippen LogP contribution in [0.4, 0.5) is 5.69 Å². The molecule has 0 aliphatic heterocycles. The average Bonchev–Trinajstić information content (AvgIpc) is 2.62. The number of carbonyl (C=O) groups is 2. The van der Waals surface area contributed by atoms with E-state index in [1.807, 2.05) is 19.1 Å². The van der Waals surface area contributed by atoms with Gasteiger partial charge in [0.2, 0.25) is 10.0 Å². The van der Waals surface area contributed by atoms with E-state index >= 15 is 0 Å². The van der Waals surface area contributed by atoms with Gasteiger partial charge in [0, 0.05) is 18.6 Å². The number of amides is 1. The topological polar surface area (TPSA) is 92.8 Å². The van der Waals surface area contributed by atoms with E-state index in [-0.39, 0.29) is 15.5 Å². The van der Waals surface area contributed by atoms with Crippen molar-refractivity contribution in [1.29, 1.82) is 0 Å². The van der Waals surface area contributed by atoms with Crippen molar-refractivity contribution in [2.24, 2.45) is 0 Å². The Morgan fingerprint density at radius 1 is 1.18 bits per heavy atom. The summed E-state index contributed by atoms with van der Waals surface area (Å²) in [6, 6.07) is 9.12. The number of halogens is 2.